The second kappa shape index (κ2) is 35.3. The maximum atomic E-state index is 14.7. The van der Waals surface area contributed by atoms with Gasteiger partial charge in [-0.15, -0.1) is 14.5 Å². The number of carbonyl (C=O) groups excluding carboxylic acids is 8. The number of hydrogen-bond donors (Lipinski definition) is 13. The summed E-state index contributed by atoms with van der Waals surface area (Å²) in [4.78, 5) is 115. The van der Waals surface area contributed by atoms with Gasteiger partial charge < -0.3 is 101 Å². The average Bonchev–Trinajstić information content (AvgIpc) is 1.49. The van der Waals surface area contributed by atoms with E-state index in [0.29, 0.717) is 36.5 Å². The summed E-state index contributed by atoms with van der Waals surface area (Å²) >= 11 is -0.0104. The monoisotopic (exact) mass is 1400 g/mol. The number of β-amino-alcohol motifs (C(OH)–C–C–N with tert-alkyl or cyclic N) is 1. The van der Waals surface area contributed by atoms with Crippen LogP contribution in [0.2, 0.25) is 0 Å². The molecule has 0 bridgehead atoms. The predicted octanol–water partition coefficient (Wildman–Crippen LogP) is -4.38. The van der Waals surface area contributed by atoms with Crippen LogP contribution in [0.3, 0.4) is 0 Å². The SMILES string of the molecule is CC(O)C1NC(=O)[C@@H](NC(=O)c2ccc(-c3nnc(-c4ccc(-c5ccc(OCCCOc6ccccc6)cc5)cc4)o3)cc2)CC(O)CNC(=O)C2C(O)C(C)CN2C(=O)C(C(O)CC(N)=O)NC(=O)C(C(O)Cc2ccc(O)c(OSOO[O-])c2)NC(=O)C2CC(O)CN2C1=O.[Na+]. The molecule has 8 amide bonds. The number of nitrogens with one attached hydrogen (secondary N) is 5. The summed E-state index contributed by atoms with van der Waals surface area (Å²) in [6.45, 7) is 1.77. The number of fused-ring (bicyclic) bond motifs is 2. The molecule has 99 heavy (non-hydrogen) atoms. The molecule has 3 fully saturated rings. The Morgan fingerprint density at radius 3 is 1.92 bits per heavy atom. The second-order valence-corrected chi connectivity index (χ2v) is 24.2. The maximum absolute atomic E-state index is 14.7. The standard InChI is InChI=1S/C65H74N10O22S.Na/c1-33-31-75-55(56(33)83)61(88)67-30-41(77)27-45(68-57(84)38-12-16-40(17-13-38)63-73-72-62(94-63)39-14-10-36(11-15-39)37-18-20-44(21-19-37)93-24-6-23-92-43-7-4-3-5-8-43)58(85)69-52(34(2)76)64(89)74-32-42(78)28-46(74)59(86)70-53(60(87)71-54(65(75)90)49(81)29-51(66)82)48(80)25-35-9-22-47(79)50(26-35)95-98-97-96-91;/h3-5,7-22,26,33-34,41-42,45-46,48-49,52-56,76-81,83,91H,6,23-25,27-32H2,1-2H3,(H2,66,82)(H,67,88)(H,68,84)(H,69,85)(H,70,86)(H,71,87);/q;+1/p-1/t33?,34?,41?,42?,45-,46?,48?,49?,52?,53?,54?,55?,56?;/m0./s1. The van der Waals surface area contributed by atoms with E-state index in [1.165, 1.54) is 37.3 Å². The van der Waals surface area contributed by atoms with Crippen molar-refractivity contribution < 1.29 is 136 Å². The number of aliphatic hydroxyl groups is 6. The number of para-hydroxylation sites is 1. The van der Waals surface area contributed by atoms with E-state index in [2.05, 4.69) is 46.2 Å². The summed E-state index contributed by atoms with van der Waals surface area (Å²) in [6, 6.07) is 21.9. The first-order chi connectivity index (χ1) is 47.0. The van der Waals surface area contributed by atoms with Gasteiger partial charge >= 0.3 is 29.6 Å². The smallest absolute Gasteiger partial charge is 0.691 e. The molecule has 3 aliphatic heterocycles. The molecule has 3 aliphatic rings. The third-order valence-corrected chi connectivity index (χ3v) is 16.9. The van der Waals surface area contributed by atoms with Crippen LogP contribution in [0.1, 0.15) is 55.5 Å². The summed E-state index contributed by atoms with van der Waals surface area (Å²) in [5.41, 5.74) is 8.25. The number of primary amides is 1. The van der Waals surface area contributed by atoms with Crippen LogP contribution in [0.4, 0.5) is 0 Å². The third-order valence-electron chi connectivity index (χ3n) is 16.5. The summed E-state index contributed by atoms with van der Waals surface area (Å²) in [6.07, 6.45) is -13.1. The Labute approximate surface area is 592 Å². The second-order valence-electron chi connectivity index (χ2n) is 23.7. The van der Waals surface area contributed by atoms with E-state index in [-0.39, 0.29) is 70.5 Å². The van der Waals surface area contributed by atoms with Gasteiger partial charge in [0.05, 0.1) is 56.3 Å². The number of benzene rings is 5. The van der Waals surface area contributed by atoms with Crippen LogP contribution in [0.15, 0.2) is 126 Å². The third kappa shape index (κ3) is 19.8. The first-order valence-electron chi connectivity index (χ1n) is 31.0. The minimum Gasteiger partial charge on any atom is -0.691 e. The van der Waals surface area contributed by atoms with Crippen LogP contribution >= 0.6 is 12.3 Å². The summed E-state index contributed by atoms with van der Waals surface area (Å²) in [7, 11) is 0. The van der Waals surface area contributed by atoms with Crippen LogP contribution < -0.4 is 80.8 Å². The number of nitrogens with two attached hydrogens (primary N) is 1. The molecule has 0 radical (unpaired) electrons. The van der Waals surface area contributed by atoms with Crippen molar-refractivity contribution >= 4 is 59.6 Å². The van der Waals surface area contributed by atoms with Gasteiger partial charge in [0.2, 0.25) is 53.1 Å². The number of rotatable bonds is 22. The normalized spacial score (nSPS) is 23.5. The molecule has 14 N–H and O–H groups in total. The first kappa shape index (κ1) is 76.0. The number of phenols is 1. The van der Waals surface area contributed by atoms with Crippen LogP contribution in [0, 0.1) is 5.92 Å². The van der Waals surface area contributed by atoms with Crippen LogP contribution in [-0.2, 0) is 49.4 Å². The number of nitrogens with zero attached hydrogens (tertiary/aromatic N) is 4. The molecule has 5 aromatic carbocycles. The summed E-state index contributed by atoms with van der Waals surface area (Å²) < 4.78 is 26.8. The first-order valence-corrected chi connectivity index (χ1v) is 31.7. The number of phenolic OH excluding ortho intramolecular Hbond substituents is 1. The number of hydrogen-bond acceptors (Lipinski definition) is 25. The molecular formula is C65H73N10NaO22S. The van der Waals surface area contributed by atoms with Crippen LogP contribution in [0.25, 0.3) is 34.0 Å². The maximum Gasteiger partial charge on any atom is 1.00 e. The molecule has 34 heteroatoms. The average molecular weight is 1400 g/mol. The Hall–Kier alpha value is -8.81. The zero-order chi connectivity index (χ0) is 70.3. The number of amides is 8. The topological polar surface area (TPSA) is 479 Å². The van der Waals surface area contributed by atoms with Gasteiger partial charge in [-0.05, 0) is 96.4 Å². The number of aromatic hydroxyl groups is 1. The zero-order valence-electron chi connectivity index (χ0n) is 53.7. The molecule has 3 saturated heterocycles. The van der Waals surface area contributed by atoms with E-state index < -0.39 is 177 Å². The summed E-state index contributed by atoms with van der Waals surface area (Å²) in [5, 5.41) is 113. The molecule has 522 valence electrons. The molecule has 12 unspecified atom stereocenters. The van der Waals surface area contributed by atoms with Crippen LogP contribution in [0.5, 0.6) is 23.0 Å². The Kier molecular flexibility index (Phi) is 27.1. The van der Waals surface area contributed by atoms with Crippen molar-refractivity contribution in [3.8, 4) is 57.0 Å². The van der Waals surface area contributed by atoms with E-state index in [1.807, 2.05) is 78.9 Å². The number of aliphatic hydroxyl groups excluding tert-OH is 6. The van der Waals surface area contributed by atoms with E-state index in [4.69, 9.17) is 23.8 Å². The Morgan fingerprint density at radius 1 is 0.707 bits per heavy atom. The van der Waals surface area contributed by atoms with Crippen molar-refractivity contribution in [1.29, 1.82) is 0 Å². The Balaban J connectivity index is 0.0000125. The van der Waals surface area contributed by atoms with Gasteiger partial charge in [-0.2, -0.15) is 0 Å². The van der Waals surface area contributed by atoms with Gasteiger partial charge in [-0.1, -0.05) is 55.5 Å². The number of aromatic nitrogens is 2. The van der Waals surface area contributed by atoms with Crippen molar-refractivity contribution in [1.82, 2.24) is 46.6 Å². The van der Waals surface area contributed by atoms with Gasteiger partial charge in [0.15, 0.2) is 11.5 Å². The zero-order valence-corrected chi connectivity index (χ0v) is 56.5. The van der Waals surface area contributed by atoms with Crippen molar-refractivity contribution in [3.05, 3.63) is 132 Å². The minimum absolute atomic E-state index is 0. The van der Waals surface area contributed by atoms with Crippen molar-refractivity contribution in [2.45, 2.75) is 119 Å². The van der Waals surface area contributed by atoms with E-state index >= 15 is 0 Å². The van der Waals surface area contributed by atoms with Crippen molar-refractivity contribution in [2.24, 2.45) is 11.7 Å². The fourth-order valence-electron chi connectivity index (χ4n) is 11.4. The number of ether oxygens (including phenoxy) is 2. The largest absolute Gasteiger partial charge is 1.00 e. The molecule has 0 saturated carbocycles. The van der Waals surface area contributed by atoms with Gasteiger partial charge in [0, 0.05) is 67.9 Å². The molecule has 6 aromatic rings. The predicted molar refractivity (Wildman–Crippen MR) is 340 cm³/mol. The fraction of sp³-hybridized carbons (Fsp3) is 0.385. The van der Waals surface area contributed by atoms with Gasteiger partial charge in [-0.3, -0.25) is 43.4 Å². The molecule has 9 rings (SSSR count). The molecule has 0 aliphatic carbocycles. The molecule has 1 aromatic heterocycles. The molecule has 0 spiro atoms. The van der Waals surface area contributed by atoms with Crippen LogP contribution in [-0.4, -0.2) is 209 Å². The Bertz CT molecular complexity index is 3770. The van der Waals surface area contributed by atoms with E-state index in [1.54, 1.807) is 0 Å². The molecular weight excluding hydrogens is 1330 g/mol. The molecule has 32 nitrogen and oxygen atoms in total. The van der Waals surface area contributed by atoms with Gasteiger partial charge in [0.1, 0.15) is 47.8 Å². The van der Waals surface area contributed by atoms with Gasteiger partial charge in [-0.25, -0.2) is 0 Å². The van der Waals surface area contributed by atoms with Gasteiger partial charge in [0.25, 0.3) is 18.2 Å². The van der Waals surface area contributed by atoms with E-state index in [0.717, 1.165) is 45.7 Å². The molecule has 4 heterocycles. The summed E-state index contributed by atoms with van der Waals surface area (Å²) in [5.74, 6) is -9.56. The Morgan fingerprint density at radius 2 is 1.29 bits per heavy atom. The van der Waals surface area contributed by atoms with Crippen molar-refractivity contribution in [3.63, 3.8) is 0 Å². The fourth-order valence-corrected chi connectivity index (χ4v) is 11.6. The van der Waals surface area contributed by atoms with E-state index in [9.17, 15) is 79.4 Å². The minimum atomic E-state index is -2.24. The quantitative estimate of drug-likeness (QED) is 0.0100. The van der Waals surface area contributed by atoms with Crippen molar-refractivity contribution in [2.75, 3.05) is 32.8 Å². The number of carbonyl (C=O) groups is 8. The molecule has 13 atom stereocenters.